The summed E-state index contributed by atoms with van der Waals surface area (Å²) >= 11 is 0. The van der Waals surface area contributed by atoms with E-state index in [4.69, 9.17) is 4.98 Å². The van der Waals surface area contributed by atoms with Crippen LogP contribution in [-0.4, -0.2) is 4.98 Å². The molecule has 0 bridgehead atoms. The zero-order valence-electron chi connectivity index (χ0n) is 13.8. The molecule has 0 saturated carbocycles. The van der Waals surface area contributed by atoms with Gasteiger partial charge in [-0.1, -0.05) is 84.9 Å². The van der Waals surface area contributed by atoms with E-state index in [9.17, 15) is 0 Å². The maximum Gasteiger partial charge on any atom is 0.0751 e. The maximum absolute atomic E-state index is 5.07. The third kappa shape index (κ3) is 2.36. The van der Waals surface area contributed by atoms with Gasteiger partial charge < -0.3 is 0 Å². The van der Waals surface area contributed by atoms with Crippen molar-refractivity contribution >= 4 is 0 Å². The van der Waals surface area contributed by atoms with Crippen LogP contribution in [-0.2, 0) is 6.42 Å². The van der Waals surface area contributed by atoms with Gasteiger partial charge in [0.1, 0.15) is 0 Å². The Bertz CT molecular complexity index is 1050. The number of pyridine rings is 1. The lowest BCUT2D eigenvalue weighted by atomic mass is 9.98. The summed E-state index contributed by atoms with van der Waals surface area (Å²) in [6.07, 6.45) is 0.956. The minimum absolute atomic E-state index is 0.956. The molecular weight excluding hydrogens is 302 g/mol. The van der Waals surface area contributed by atoms with Crippen molar-refractivity contribution in [3.05, 3.63) is 102 Å². The topological polar surface area (TPSA) is 12.9 Å². The Labute approximate surface area is 147 Å². The van der Waals surface area contributed by atoms with Crippen molar-refractivity contribution in [2.75, 3.05) is 0 Å². The van der Waals surface area contributed by atoms with Crippen molar-refractivity contribution in [3.8, 4) is 33.6 Å². The highest BCUT2D eigenvalue weighted by molar-refractivity contribution is 5.86. The molecule has 118 valence electrons. The summed E-state index contributed by atoms with van der Waals surface area (Å²) in [6, 6.07) is 31.9. The Balaban J connectivity index is 1.80. The molecule has 0 aliphatic heterocycles. The summed E-state index contributed by atoms with van der Waals surface area (Å²) in [6.45, 7) is 0. The summed E-state index contributed by atoms with van der Waals surface area (Å²) in [5.74, 6) is 0. The average molecular weight is 319 g/mol. The molecule has 5 rings (SSSR count). The molecular formula is C24H17N. The first-order valence-corrected chi connectivity index (χ1v) is 8.63. The number of benzene rings is 3. The SMILES string of the molecule is c1ccc(-c2cc3c(c(-c4ccccc4)n2)Cc2ccccc2-3)cc1. The molecule has 1 nitrogen and oxygen atoms in total. The number of aromatic nitrogens is 1. The molecule has 0 saturated heterocycles. The molecule has 1 aliphatic rings. The first kappa shape index (κ1) is 14.2. The minimum atomic E-state index is 0.956. The van der Waals surface area contributed by atoms with Crippen molar-refractivity contribution in [2.45, 2.75) is 6.42 Å². The Morgan fingerprint density at radius 2 is 1.24 bits per heavy atom. The van der Waals surface area contributed by atoms with Gasteiger partial charge in [-0.25, -0.2) is 4.98 Å². The summed E-state index contributed by atoms with van der Waals surface area (Å²) in [4.78, 5) is 5.07. The van der Waals surface area contributed by atoms with Gasteiger partial charge >= 0.3 is 0 Å². The van der Waals surface area contributed by atoms with E-state index in [0.29, 0.717) is 0 Å². The fourth-order valence-corrected chi connectivity index (χ4v) is 3.71. The van der Waals surface area contributed by atoms with Gasteiger partial charge in [-0.3, -0.25) is 0 Å². The number of hydrogen-bond acceptors (Lipinski definition) is 1. The number of hydrogen-bond donors (Lipinski definition) is 0. The van der Waals surface area contributed by atoms with Crippen LogP contribution < -0.4 is 0 Å². The van der Waals surface area contributed by atoms with Crippen LogP contribution in [0.5, 0.6) is 0 Å². The standard InChI is InChI=1S/C24H17N/c1-3-9-17(10-4-1)23-16-21-20-14-8-7-13-19(20)15-22(21)24(25-23)18-11-5-2-6-12-18/h1-14,16H,15H2. The van der Waals surface area contributed by atoms with E-state index in [2.05, 4.69) is 84.9 Å². The summed E-state index contributed by atoms with van der Waals surface area (Å²) in [5.41, 5.74) is 9.88. The van der Waals surface area contributed by atoms with Crippen molar-refractivity contribution in [1.29, 1.82) is 0 Å². The van der Waals surface area contributed by atoms with Gasteiger partial charge in [0.2, 0.25) is 0 Å². The van der Waals surface area contributed by atoms with Crippen molar-refractivity contribution in [3.63, 3.8) is 0 Å². The normalized spacial score (nSPS) is 11.8. The van der Waals surface area contributed by atoms with Gasteiger partial charge in [0, 0.05) is 17.5 Å². The molecule has 1 heteroatoms. The van der Waals surface area contributed by atoms with E-state index in [1.807, 2.05) is 6.07 Å². The van der Waals surface area contributed by atoms with Crippen LogP contribution in [0.4, 0.5) is 0 Å². The van der Waals surface area contributed by atoms with Crippen LogP contribution in [0.25, 0.3) is 33.6 Å². The van der Waals surface area contributed by atoms with Crippen LogP contribution in [0, 0.1) is 0 Å². The first-order valence-electron chi connectivity index (χ1n) is 8.63. The Morgan fingerprint density at radius 1 is 0.600 bits per heavy atom. The van der Waals surface area contributed by atoms with E-state index in [1.165, 1.54) is 27.8 Å². The van der Waals surface area contributed by atoms with Gasteiger partial charge in [-0.05, 0) is 28.3 Å². The fourth-order valence-electron chi connectivity index (χ4n) is 3.71. The predicted octanol–water partition coefficient (Wildman–Crippen LogP) is 5.99. The molecule has 4 aromatic rings. The summed E-state index contributed by atoms with van der Waals surface area (Å²) in [7, 11) is 0. The molecule has 0 amide bonds. The minimum Gasteiger partial charge on any atom is -0.247 e. The Hall–Kier alpha value is -3.19. The quantitative estimate of drug-likeness (QED) is 0.389. The summed E-state index contributed by atoms with van der Waals surface area (Å²) < 4.78 is 0. The Morgan fingerprint density at radius 3 is 2.00 bits per heavy atom. The molecule has 3 aromatic carbocycles. The lowest BCUT2D eigenvalue weighted by Gasteiger charge is -2.12. The third-order valence-electron chi connectivity index (χ3n) is 4.92. The number of fused-ring (bicyclic) bond motifs is 3. The molecule has 1 heterocycles. The number of rotatable bonds is 2. The molecule has 0 atom stereocenters. The lowest BCUT2D eigenvalue weighted by molar-refractivity contribution is 1.21. The maximum atomic E-state index is 5.07. The second-order valence-corrected chi connectivity index (χ2v) is 6.45. The van der Waals surface area contributed by atoms with Crippen LogP contribution in [0.2, 0.25) is 0 Å². The molecule has 25 heavy (non-hydrogen) atoms. The fraction of sp³-hybridized carbons (Fsp3) is 0.0417. The Kier molecular flexibility index (Phi) is 3.24. The lowest BCUT2D eigenvalue weighted by Crippen LogP contribution is -1.95. The first-order chi connectivity index (χ1) is 12.4. The number of nitrogens with zero attached hydrogens (tertiary/aromatic N) is 1. The van der Waals surface area contributed by atoms with Gasteiger partial charge in [0.15, 0.2) is 0 Å². The van der Waals surface area contributed by atoms with E-state index < -0.39 is 0 Å². The van der Waals surface area contributed by atoms with E-state index in [-0.39, 0.29) is 0 Å². The predicted molar refractivity (Wildman–Crippen MR) is 103 cm³/mol. The van der Waals surface area contributed by atoms with Gasteiger partial charge in [-0.15, -0.1) is 0 Å². The van der Waals surface area contributed by atoms with Crippen LogP contribution in [0.3, 0.4) is 0 Å². The molecule has 0 fully saturated rings. The smallest absolute Gasteiger partial charge is 0.0751 e. The van der Waals surface area contributed by atoms with E-state index in [1.54, 1.807) is 0 Å². The van der Waals surface area contributed by atoms with E-state index in [0.717, 1.165) is 23.4 Å². The zero-order valence-corrected chi connectivity index (χ0v) is 13.8. The van der Waals surface area contributed by atoms with Crippen LogP contribution in [0.1, 0.15) is 11.1 Å². The van der Waals surface area contributed by atoms with Crippen molar-refractivity contribution < 1.29 is 0 Å². The molecule has 0 radical (unpaired) electrons. The second kappa shape index (κ2) is 5.71. The molecule has 1 aromatic heterocycles. The highest BCUT2D eigenvalue weighted by atomic mass is 14.7. The average Bonchev–Trinajstić information content (AvgIpc) is 3.07. The zero-order chi connectivity index (χ0) is 16.6. The molecule has 0 unspecified atom stereocenters. The second-order valence-electron chi connectivity index (χ2n) is 6.45. The monoisotopic (exact) mass is 319 g/mol. The highest BCUT2D eigenvalue weighted by Crippen LogP contribution is 2.42. The van der Waals surface area contributed by atoms with E-state index >= 15 is 0 Å². The van der Waals surface area contributed by atoms with Gasteiger partial charge in [0.25, 0.3) is 0 Å². The van der Waals surface area contributed by atoms with Gasteiger partial charge in [0.05, 0.1) is 11.4 Å². The molecule has 0 spiro atoms. The summed E-state index contributed by atoms with van der Waals surface area (Å²) in [5, 5.41) is 0. The third-order valence-corrected chi connectivity index (χ3v) is 4.92. The molecule has 1 aliphatic carbocycles. The largest absolute Gasteiger partial charge is 0.247 e. The van der Waals surface area contributed by atoms with Gasteiger partial charge in [-0.2, -0.15) is 0 Å². The highest BCUT2D eigenvalue weighted by Gasteiger charge is 2.23. The van der Waals surface area contributed by atoms with Crippen molar-refractivity contribution in [2.24, 2.45) is 0 Å². The van der Waals surface area contributed by atoms with Crippen molar-refractivity contribution in [1.82, 2.24) is 4.98 Å². The molecule has 0 N–H and O–H groups in total. The van der Waals surface area contributed by atoms with Crippen LogP contribution in [0.15, 0.2) is 91.0 Å². The van der Waals surface area contributed by atoms with Crippen LogP contribution >= 0.6 is 0 Å².